The van der Waals surface area contributed by atoms with E-state index < -0.39 is 114 Å². The van der Waals surface area contributed by atoms with E-state index in [1.807, 2.05) is 0 Å². The molecule has 3 fully saturated rings. The number of halogens is 1. The highest BCUT2D eigenvalue weighted by molar-refractivity contribution is 7.87. The van der Waals surface area contributed by atoms with Crippen LogP contribution in [0.5, 0.6) is 11.5 Å². The highest BCUT2D eigenvalue weighted by Crippen LogP contribution is 2.50. The number of para-hydroxylation sites is 1. The Labute approximate surface area is 355 Å². The van der Waals surface area contributed by atoms with E-state index in [1.165, 1.54) is 47.4 Å². The number of rotatable bonds is 15. The summed E-state index contributed by atoms with van der Waals surface area (Å²) in [6.45, 7) is -1.69. The van der Waals surface area contributed by atoms with Crippen molar-refractivity contribution in [1.82, 2.24) is 0 Å². The molecule has 17 nitrogen and oxygen atoms in total. The van der Waals surface area contributed by atoms with E-state index in [0.717, 1.165) is 0 Å². The van der Waals surface area contributed by atoms with Crippen LogP contribution in [-0.2, 0) is 29.1 Å². The lowest BCUT2D eigenvalue weighted by Crippen LogP contribution is -2.65. The molecule has 3 saturated heterocycles. The summed E-state index contributed by atoms with van der Waals surface area (Å²) in [6, 6.07) is 23.9. The Bertz CT molecular complexity index is 2270. The SMILES string of the molecule is O=C1C(CCC(O)c2ccc(F)cc2)C(c2ccc(-c3cccc(O)c3)cc2OS(=O)(=O)CC2OC(CO)C(OC3OC(CO)C(O)C(O)C3O)C(O)C2O)N1c1ccccc1. The number of ether oxygens (including phenoxy) is 3. The third-order valence-corrected chi connectivity index (χ3v) is 12.6. The van der Waals surface area contributed by atoms with E-state index in [4.69, 9.17) is 18.4 Å². The molecule has 0 aromatic heterocycles. The second-order valence-corrected chi connectivity index (χ2v) is 17.1. The van der Waals surface area contributed by atoms with Crippen LogP contribution in [0.2, 0.25) is 0 Å². The molecule has 13 atom stereocenters. The van der Waals surface area contributed by atoms with Crippen molar-refractivity contribution < 1.29 is 82.0 Å². The van der Waals surface area contributed by atoms with E-state index >= 15 is 0 Å². The van der Waals surface area contributed by atoms with Crippen LogP contribution in [0, 0.1) is 11.7 Å². The topological polar surface area (TPSA) is 273 Å². The standard InChI is InChI=1S/C43H48FNO16S/c44-25-12-9-22(10-13-25)30(49)16-15-29-35(45(42(29)55)26-6-2-1-3-7-26)28-14-11-24(23-5-4-8-27(48)17-23)18-31(28)61-62(56,57)21-34-37(51)39(53)41(33(20-47)58-34)60-43-40(54)38(52)36(50)32(19-46)59-43/h1-14,17-18,29-30,32-41,43,46-54H,15-16,19-21H2. The number of aliphatic hydroxyl groups is 8. The summed E-state index contributed by atoms with van der Waals surface area (Å²) in [6.07, 6.45) is -18.5. The van der Waals surface area contributed by atoms with Gasteiger partial charge in [0, 0.05) is 11.3 Å². The van der Waals surface area contributed by atoms with Crippen molar-refractivity contribution in [3.63, 3.8) is 0 Å². The van der Waals surface area contributed by atoms with Crippen LogP contribution in [0.15, 0.2) is 97.1 Å². The Morgan fingerprint density at radius 1 is 0.742 bits per heavy atom. The fourth-order valence-corrected chi connectivity index (χ4v) is 9.31. The molecule has 3 aliphatic heterocycles. The first-order valence-corrected chi connectivity index (χ1v) is 21.4. The van der Waals surface area contributed by atoms with Gasteiger partial charge in [-0.1, -0.05) is 54.6 Å². The number of anilines is 1. The zero-order valence-electron chi connectivity index (χ0n) is 32.9. The molecule has 1 amide bonds. The van der Waals surface area contributed by atoms with Gasteiger partial charge < -0.3 is 69.3 Å². The number of hydrogen-bond acceptors (Lipinski definition) is 16. The van der Waals surface area contributed by atoms with E-state index in [-0.39, 0.29) is 35.8 Å². The van der Waals surface area contributed by atoms with Crippen LogP contribution >= 0.6 is 0 Å². The number of phenols is 1. The molecule has 3 heterocycles. The minimum atomic E-state index is -4.82. The molecule has 4 aromatic carbocycles. The number of amides is 1. The highest BCUT2D eigenvalue weighted by Gasteiger charge is 2.52. The van der Waals surface area contributed by atoms with Gasteiger partial charge in [-0.25, -0.2) is 4.39 Å². The molecule has 334 valence electrons. The van der Waals surface area contributed by atoms with Gasteiger partial charge in [-0.15, -0.1) is 0 Å². The maximum absolute atomic E-state index is 14.1. The zero-order valence-corrected chi connectivity index (χ0v) is 33.7. The van der Waals surface area contributed by atoms with Crippen LogP contribution in [0.1, 0.15) is 36.1 Å². The molecule has 0 radical (unpaired) electrons. The molecule has 7 rings (SSSR count). The summed E-state index contributed by atoms with van der Waals surface area (Å²) < 4.78 is 64.2. The third kappa shape index (κ3) is 9.49. The first-order chi connectivity index (χ1) is 29.6. The lowest BCUT2D eigenvalue weighted by atomic mass is 9.77. The maximum atomic E-state index is 14.1. The van der Waals surface area contributed by atoms with Gasteiger partial charge in [0.25, 0.3) is 0 Å². The maximum Gasteiger partial charge on any atom is 0.311 e. The summed E-state index contributed by atoms with van der Waals surface area (Å²) in [5, 5.41) is 94.2. The minimum Gasteiger partial charge on any atom is -0.508 e. The van der Waals surface area contributed by atoms with Gasteiger partial charge in [0.05, 0.1) is 31.3 Å². The zero-order chi connectivity index (χ0) is 44.5. The molecule has 0 aliphatic carbocycles. The second-order valence-electron chi connectivity index (χ2n) is 15.5. The van der Waals surface area contributed by atoms with Gasteiger partial charge in [-0.05, 0) is 72.0 Å². The van der Waals surface area contributed by atoms with Gasteiger partial charge in [-0.3, -0.25) is 4.79 Å². The molecule has 0 bridgehead atoms. The Hall–Kier alpha value is -4.61. The molecule has 3 aliphatic rings. The smallest absolute Gasteiger partial charge is 0.311 e. The van der Waals surface area contributed by atoms with Crippen molar-refractivity contribution in [2.45, 2.75) is 86.2 Å². The van der Waals surface area contributed by atoms with Gasteiger partial charge in [-0.2, -0.15) is 8.42 Å². The van der Waals surface area contributed by atoms with Crippen molar-refractivity contribution in [2.75, 3.05) is 23.9 Å². The largest absolute Gasteiger partial charge is 0.508 e. The summed E-state index contributed by atoms with van der Waals surface area (Å²) >= 11 is 0. The average Bonchev–Trinajstić information content (AvgIpc) is 3.25. The van der Waals surface area contributed by atoms with Gasteiger partial charge in [0.15, 0.2) is 6.29 Å². The Kier molecular flexibility index (Phi) is 13.9. The molecule has 0 spiro atoms. The first kappa shape index (κ1) is 45.4. The number of hydrogen-bond donors (Lipinski definition) is 9. The van der Waals surface area contributed by atoms with Crippen LogP contribution in [0.3, 0.4) is 0 Å². The summed E-state index contributed by atoms with van der Waals surface area (Å²) in [5.74, 6) is -3.00. The van der Waals surface area contributed by atoms with Crippen molar-refractivity contribution in [2.24, 2.45) is 5.92 Å². The first-order valence-electron chi connectivity index (χ1n) is 19.9. The lowest BCUT2D eigenvalue weighted by molar-refractivity contribution is -0.341. The number of aliphatic hydroxyl groups excluding tert-OH is 8. The number of aromatic hydroxyl groups is 1. The normalized spacial score (nSPS) is 30.7. The van der Waals surface area contributed by atoms with Crippen LogP contribution < -0.4 is 9.08 Å². The number of nitrogens with zero attached hydrogens (tertiary/aromatic N) is 1. The number of benzene rings is 4. The number of β-lactam (4-membered cyclic amide) rings is 1. The summed E-state index contributed by atoms with van der Waals surface area (Å²) in [5.41, 5.74) is 2.06. The molecular weight excluding hydrogens is 838 g/mol. The monoisotopic (exact) mass is 885 g/mol. The fraction of sp³-hybridized carbons (Fsp3) is 0.419. The molecule has 0 saturated carbocycles. The molecule has 19 heteroatoms. The van der Waals surface area contributed by atoms with Crippen molar-refractivity contribution in [3.05, 3.63) is 114 Å². The predicted octanol–water partition coefficient (Wildman–Crippen LogP) is 0.791. The van der Waals surface area contributed by atoms with Gasteiger partial charge in [0.2, 0.25) is 5.91 Å². The Morgan fingerprint density at radius 2 is 1.42 bits per heavy atom. The van der Waals surface area contributed by atoms with Crippen LogP contribution in [-0.4, -0.2) is 140 Å². The third-order valence-electron chi connectivity index (χ3n) is 11.5. The highest BCUT2D eigenvalue weighted by atomic mass is 32.2. The van der Waals surface area contributed by atoms with E-state index in [0.29, 0.717) is 22.4 Å². The fourth-order valence-electron chi connectivity index (χ4n) is 8.14. The molecular formula is C43H48FNO16S. The quantitative estimate of drug-likeness (QED) is 0.0590. The van der Waals surface area contributed by atoms with E-state index in [9.17, 15) is 63.6 Å². The molecule has 62 heavy (non-hydrogen) atoms. The summed E-state index contributed by atoms with van der Waals surface area (Å²) in [4.78, 5) is 15.4. The molecule has 4 aromatic rings. The summed E-state index contributed by atoms with van der Waals surface area (Å²) in [7, 11) is -4.82. The van der Waals surface area contributed by atoms with Gasteiger partial charge in [0.1, 0.15) is 78.0 Å². The van der Waals surface area contributed by atoms with Crippen molar-refractivity contribution >= 4 is 21.7 Å². The average molecular weight is 886 g/mol. The molecule has 13 unspecified atom stereocenters. The number of phenolic OH excluding ortho intramolecular Hbond substituents is 1. The van der Waals surface area contributed by atoms with Crippen LogP contribution in [0.25, 0.3) is 11.1 Å². The molecule has 9 N–H and O–H groups in total. The number of carbonyl (C=O) groups excluding carboxylic acids is 1. The van der Waals surface area contributed by atoms with Crippen molar-refractivity contribution in [1.29, 1.82) is 0 Å². The van der Waals surface area contributed by atoms with Crippen LogP contribution in [0.4, 0.5) is 10.1 Å². The van der Waals surface area contributed by atoms with E-state index in [1.54, 1.807) is 54.6 Å². The second kappa shape index (κ2) is 19.0. The van der Waals surface area contributed by atoms with Gasteiger partial charge >= 0.3 is 10.1 Å². The predicted molar refractivity (Wildman–Crippen MR) is 215 cm³/mol. The number of carbonyl (C=O) groups is 1. The minimum absolute atomic E-state index is 0.0736. The Balaban J connectivity index is 1.17. The van der Waals surface area contributed by atoms with Crippen molar-refractivity contribution in [3.8, 4) is 22.6 Å². The Morgan fingerprint density at radius 3 is 2.10 bits per heavy atom. The van der Waals surface area contributed by atoms with E-state index in [2.05, 4.69) is 0 Å². The lowest BCUT2D eigenvalue weighted by Gasteiger charge is -2.48.